The number of nitrogens with zero attached hydrogens (tertiary/aromatic N) is 2. The molecule has 0 aliphatic carbocycles. The molecule has 0 spiro atoms. The van der Waals surface area contributed by atoms with E-state index in [1.54, 1.807) is 31.2 Å². The smallest absolute Gasteiger partial charge is 0.161 e. The molecule has 1 heterocycles. The van der Waals surface area contributed by atoms with Crippen LogP contribution in [0.1, 0.15) is 5.56 Å². The third kappa shape index (κ3) is 2.12. The normalized spacial score (nSPS) is 11.0. The first-order valence-electron chi connectivity index (χ1n) is 5.94. The number of rotatable bonds is 1. The van der Waals surface area contributed by atoms with E-state index in [0.29, 0.717) is 22.5 Å². The van der Waals surface area contributed by atoms with E-state index < -0.39 is 5.82 Å². The molecule has 0 aliphatic heterocycles. The van der Waals surface area contributed by atoms with Crippen LogP contribution >= 0.6 is 11.6 Å². The van der Waals surface area contributed by atoms with Gasteiger partial charge < -0.3 is 0 Å². The van der Waals surface area contributed by atoms with Crippen molar-refractivity contribution in [2.24, 2.45) is 0 Å². The number of fused-ring (bicyclic) bond motifs is 1. The van der Waals surface area contributed by atoms with Crippen LogP contribution in [0.4, 0.5) is 8.78 Å². The second-order valence-corrected chi connectivity index (χ2v) is 4.79. The molecule has 0 amide bonds. The van der Waals surface area contributed by atoms with Crippen molar-refractivity contribution in [2.75, 3.05) is 0 Å². The van der Waals surface area contributed by atoms with Crippen LogP contribution in [0.25, 0.3) is 22.3 Å². The number of aryl methyl sites for hydroxylation is 1. The number of halogens is 3. The van der Waals surface area contributed by atoms with Crippen molar-refractivity contribution in [1.29, 1.82) is 0 Å². The SMILES string of the molecule is Cc1cc(-c2nc(Cl)c3c(F)cccc3n2)ccc1F. The quantitative estimate of drug-likeness (QED) is 0.615. The van der Waals surface area contributed by atoms with Gasteiger partial charge in [-0.25, -0.2) is 18.7 Å². The zero-order chi connectivity index (χ0) is 14.3. The van der Waals surface area contributed by atoms with Gasteiger partial charge in [0.25, 0.3) is 0 Å². The minimum absolute atomic E-state index is 0.0464. The summed E-state index contributed by atoms with van der Waals surface area (Å²) in [6, 6.07) is 9.06. The fraction of sp³-hybridized carbons (Fsp3) is 0.0667. The van der Waals surface area contributed by atoms with Gasteiger partial charge in [0.15, 0.2) is 5.82 Å². The van der Waals surface area contributed by atoms with Crippen molar-refractivity contribution in [2.45, 2.75) is 6.92 Å². The van der Waals surface area contributed by atoms with Crippen LogP contribution in [-0.4, -0.2) is 9.97 Å². The predicted molar refractivity (Wildman–Crippen MR) is 74.6 cm³/mol. The van der Waals surface area contributed by atoms with E-state index in [1.807, 2.05) is 0 Å². The monoisotopic (exact) mass is 290 g/mol. The van der Waals surface area contributed by atoms with E-state index in [-0.39, 0.29) is 16.4 Å². The molecule has 5 heteroatoms. The highest BCUT2D eigenvalue weighted by atomic mass is 35.5. The van der Waals surface area contributed by atoms with Gasteiger partial charge in [0.1, 0.15) is 16.8 Å². The van der Waals surface area contributed by atoms with E-state index in [2.05, 4.69) is 9.97 Å². The molecule has 3 aromatic rings. The minimum Gasteiger partial charge on any atom is -0.228 e. The first-order valence-corrected chi connectivity index (χ1v) is 6.32. The number of aromatic nitrogens is 2. The molecule has 2 aromatic carbocycles. The fourth-order valence-electron chi connectivity index (χ4n) is 2.01. The van der Waals surface area contributed by atoms with E-state index in [9.17, 15) is 8.78 Å². The summed E-state index contributed by atoms with van der Waals surface area (Å²) in [7, 11) is 0. The molecular weight excluding hydrogens is 282 g/mol. The lowest BCUT2D eigenvalue weighted by Crippen LogP contribution is -1.94. The van der Waals surface area contributed by atoms with E-state index in [1.165, 1.54) is 12.1 Å². The summed E-state index contributed by atoms with van der Waals surface area (Å²) in [6.45, 7) is 1.65. The largest absolute Gasteiger partial charge is 0.228 e. The highest BCUT2D eigenvalue weighted by Gasteiger charge is 2.12. The van der Waals surface area contributed by atoms with E-state index in [4.69, 9.17) is 11.6 Å². The maximum Gasteiger partial charge on any atom is 0.161 e. The molecule has 0 bridgehead atoms. The van der Waals surface area contributed by atoms with Gasteiger partial charge in [-0.1, -0.05) is 17.7 Å². The van der Waals surface area contributed by atoms with Crippen LogP contribution in [0.5, 0.6) is 0 Å². The standard InChI is InChI=1S/C15H9ClF2N2/c1-8-7-9(5-6-10(8)17)15-19-12-4-2-3-11(18)13(12)14(16)20-15/h2-7H,1H3. The summed E-state index contributed by atoms with van der Waals surface area (Å²) in [6.07, 6.45) is 0. The second kappa shape index (κ2) is 4.80. The van der Waals surface area contributed by atoms with Gasteiger partial charge in [-0.3, -0.25) is 0 Å². The Balaban J connectivity index is 2.25. The highest BCUT2D eigenvalue weighted by molar-refractivity contribution is 6.34. The summed E-state index contributed by atoms with van der Waals surface area (Å²) < 4.78 is 27.0. The molecule has 0 fully saturated rings. The highest BCUT2D eigenvalue weighted by Crippen LogP contribution is 2.27. The summed E-state index contributed by atoms with van der Waals surface area (Å²) >= 11 is 6.02. The molecule has 100 valence electrons. The minimum atomic E-state index is -0.464. The van der Waals surface area contributed by atoms with Crippen LogP contribution in [-0.2, 0) is 0 Å². The molecule has 0 N–H and O–H groups in total. The van der Waals surface area contributed by atoms with Crippen LogP contribution in [0, 0.1) is 18.6 Å². The molecule has 1 aromatic heterocycles. The maximum atomic E-state index is 13.7. The summed E-state index contributed by atoms with van der Waals surface area (Å²) in [5.41, 5.74) is 1.54. The summed E-state index contributed by atoms with van der Waals surface area (Å²) in [5, 5.41) is 0.238. The van der Waals surface area contributed by atoms with Gasteiger partial charge in [-0.15, -0.1) is 0 Å². The van der Waals surface area contributed by atoms with Gasteiger partial charge in [0.05, 0.1) is 10.9 Å². The Morgan fingerprint density at radius 2 is 1.80 bits per heavy atom. The number of hydrogen-bond acceptors (Lipinski definition) is 2. The van der Waals surface area contributed by atoms with Gasteiger partial charge >= 0.3 is 0 Å². The third-order valence-electron chi connectivity index (χ3n) is 3.04. The van der Waals surface area contributed by atoms with Gasteiger partial charge in [-0.2, -0.15) is 0 Å². The average molecular weight is 291 g/mol. The lowest BCUT2D eigenvalue weighted by atomic mass is 10.1. The van der Waals surface area contributed by atoms with Crippen LogP contribution in [0.15, 0.2) is 36.4 Å². The Hall–Kier alpha value is -2.07. The van der Waals surface area contributed by atoms with Crippen LogP contribution in [0.2, 0.25) is 5.15 Å². The van der Waals surface area contributed by atoms with E-state index in [0.717, 1.165) is 0 Å². The Kier molecular flexibility index (Phi) is 3.10. The van der Waals surface area contributed by atoms with Gasteiger partial charge in [0, 0.05) is 5.56 Å². The molecule has 2 nitrogen and oxygen atoms in total. The zero-order valence-corrected chi connectivity index (χ0v) is 11.2. The number of hydrogen-bond donors (Lipinski definition) is 0. The maximum absolute atomic E-state index is 13.7. The van der Waals surface area contributed by atoms with Crippen molar-refractivity contribution in [3.05, 3.63) is 58.7 Å². The molecule has 0 saturated carbocycles. The fourth-order valence-corrected chi connectivity index (χ4v) is 2.28. The molecule has 20 heavy (non-hydrogen) atoms. The van der Waals surface area contributed by atoms with Crippen LogP contribution in [0.3, 0.4) is 0 Å². The van der Waals surface area contributed by atoms with Crippen molar-refractivity contribution < 1.29 is 8.78 Å². The lowest BCUT2D eigenvalue weighted by Gasteiger charge is -2.06. The Morgan fingerprint density at radius 3 is 2.55 bits per heavy atom. The van der Waals surface area contributed by atoms with Crippen molar-refractivity contribution in [3.63, 3.8) is 0 Å². The lowest BCUT2D eigenvalue weighted by molar-refractivity contribution is 0.618. The Bertz CT molecular complexity index is 818. The molecular formula is C15H9ClF2N2. The summed E-state index contributed by atoms with van der Waals surface area (Å²) in [4.78, 5) is 8.37. The first kappa shape index (κ1) is 12.9. The van der Waals surface area contributed by atoms with E-state index >= 15 is 0 Å². The molecule has 0 saturated heterocycles. The third-order valence-corrected chi connectivity index (χ3v) is 3.32. The van der Waals surface area contributed by atoms with Gasteiger partial charge in [-0.05, 0) is 42.8 Å². The van der Waals surface area contributed by atoms with Crippen molar-refractivity contribution >= 4 is 22.5 Å². The topological polar surface area (TPSA) is 25.8 Å². The molecule has 0 radical (unpaired) electrons. The van der Waals surface area contributed by atoms with Crippen molar-refractivity contribution in [1.82, 2.24) is 9.97 Å². The predicted octanol–water partition coefficient (Wildman–Crippen LogP) is 4.54. The molecule has 3 rings (SSSR count). The molecule has 0 atom stereocenters. The Labute approximate surface area is 119 Å². The van der Waals surface area contributed by atoms with Crippen LogP contribution < -0.4 is 0 Å². The molecule has 0 aliphatic rings. The second-order valence-electron chi connectivity index (χ2n) is 4.44. The van der Waals surface area contributed by atoms with Crippen molar-refractivity contribution in [3.8, 4) is 11.4 Å². The van der Waals surface area contributed by atoms with Gasteiger partial charge in [0.2, 0.25) is 0 Å². The first-order chi connectivity index (χ1) is 9.56. The summed E-state index contributed by atoms with van der Waals surface area (Å²) in [5.74, 6) is -0.419. The number of benzene rings is 2. The average Bonchev–Trinajstić information content (AvgIpc) is 2.41. The molecule has 0 unspecified atom stereocenters. The zero-order valence-electron chi connectivity index (χ0n) is 10.5. The Morgan fingerprint density at radius 1 is 1.00 bits per heavy atom.